The van der Waals surface area contributed by atoms with Gasteiger partial charge in [-0.05, 0) is 24.3 Å². The minimum Gasteiger partial charge on any atom is -0.458 e. The first kappa shape index (κ1) is 15.2. The Morgan fingerprint density at radius 2 is 1.46 bits per heavy atom. The molecule has 120 valence electrons. The van der Waals surface area contributed by atoms with Crippen molar-refractivity contribution in [2.45, 2.75) is 19.4 Å². The van der Waals surface area contributed by atoms with Gasteiger partial charge in [0.1, 0.15) is 11.6 Å². The number of hydrogen-bond donors (Lipinski definition) is 0. The molecule has 2 aromatic carbocycles. The maximum atomic E-state index is 12.0. The predicted octanol–water partition coefficient (Wildman–Crippen LogP) is 4.58. The second-order valence-corrected chi connectivity index (χ2v) is 7.54. The number of thiazole rings is 2. The molecule has 2 aromatic heterocycles. The smallest absolute Gasteiger partial charge is 0.306 e. The molecular formula is C18H14N2O2S2. The third kappa shape index (κ3) is 3.29. The Morgan fingerprint density at radius 1 is 0.875 bits per heavy atom. The van der Waals surface area contributed by atoms with Crippen molar-refractivity contribution in [3.63, 3.8) is 0 Å². The molecule has 4 rings (SSSR count). The molecule has 2 heterocycles. The van der Waals surface area contributed by atoms with Gasteiger partial charge >= 0.3 is 5.97 Å². The van der Waals surface area contributed by atoms with E-state index in [4.69, 9.17) is 4.74 Å². The molecule has 0 spiro atoms. The van der Waals surface area contributed by atoms with Gasteiger partial charge in [-0.3, -0.25) is 4.79 Å². The van der Waals surface area contributed by atoms with Crippen LogP contribution in [0.2, 0.25) is 0 Å². The molecule has 24 heavy (non-hydrogen) atoms. The van der Waals surface area contributed by atoms with Crippen molar-refractivity contribution in [2.24, 2.45) is 0 Å². The molecule has 0 aliphatic carbocycles. The minimum atomic E-state index is -0.214. The normalized spacial score (nSPS) is 11.2. The summed E-state index contributed by atoms with van der Waals surface area (Å²) in [5, 5.41) is 1.79. The molecule has 0 amide bonds. The number of aromatic nitrogens is 2. The van der Waals surface area contributed by atoms with Crippen LogP contribution in [-0.2, 0) is 22.6 Å². The summed E-state index contributed by atoms with van der Waals surface area (Å²) in [5.74, 6) is -0.214. The van der Waals surface area contributed by atoms with E-state index >= 15 is 0 Å². The van der Waals surface area contributed by atoms with E-state index in [-0.39, 0.29) is 12.6 Å². The highest BCUT2D eigenvalue weighted by Gasteiger charge is 2.10. The average molecular weight is 354 g/mol. The Bertz CT molecular complexity index is 860. The van der Waals surface area contributed by atoms with Crippen molar-refractivity contribution in [3.8, 4) is 0 Å². The van der Waals surface area contributed by atoms with Crippen molar-refractivity contribution in [1.82, 2.24) is 9.97 Å². The lowest BCUT2D eigenvalue weighted by Crippen LogP contribution is -2.05. The number of para-hydroxylation sites is 2. The van der Waals surface area contributed by atoms with Crippen LogP contribution in [0.25, 0.3) is 20.4 Å². The number of esters is 1. The van der Waals surface area contributed by atoms with Gasteiger partial charge in [0.05, 0.1) is 31.9 Å². The zero-order chi connectivity index (χ0) is 16.4. The lowest BCUT2D eigenvalue weighted by atomic mass is 10.3. The molecule has 6 heteroatoms. The highest BCUT2D eigenvalue weighted by molar-refractivity contribution is 7.18. The summed E-state index contributed by atoms with van der Waals surface area (Å²) in [6.07, 6.45) is 0.947. The molecule has 4 aromatic rings. The first-order valence-corrected chi connectivity index (χ1v) is 9.26. The minimum absolute atomic E-state index is 0.214. The number of nitrogens with zero attached hydrogens (tertiary/aromatic N) is 2. The zero-order valence-electron chi connectivity index (χ0n) is 12.8. The summed E-state index contributed by atoms with van der Waals surface area (Å²) < 4.78 is 7.60. The second-order valence-electron chi connectivity index (χ2n) is 5.31. The number of carbonyl (C=O) groups excluding carboxylic acids is 1. The van der Waals surface area contributed by atoms with Gasteiger partial charge in [0.15, 0.2) is 0 Å². The summed E-state index contributed by atoms with van der Waals surface area (Å²) in [7, 11) is 0. The van der Waals surface area contributed by atoms with Crippen LogP contribution in [0.5, 0.6) is 0 Å². The second kappa shape index (κ2) is 6.67. The predicted molar refractivity (Wildman–Crippen MR) is 97.4 cm³/mol. The van der Waals surface area contributed by atoms with E-state index in [0.29, 0.717) is 12.8 Å². The number of rotatable bonds is 5. The number of benzene rings is 2. The van der Waals surface area contributed by atoms with E-state index < -0.39 is 0 Å². The van der Waals surface area contributed by atoms with Crippen LogP contribution in [0, 0.1) is 0 Å². The molecule has 0 aliphatic heterocycles. The first-order valence-electron chi connectivity index (χ1n) is 7.62. The van der Waals surface area contributed by atoms with E-state index in [1.54, 1.807) is 22.7 Å². The fourth-order valence-electron chi connectivity index (χ4n) is 2.43. The Morgan fingerprint density at radius 3 is 2.12 bits per heavy atom. The fourth-order valence-corrected chi connectivity index (χ4v) is 4.28. The van der Waals surface area contributed by atoms with E-state index in [1.165, 1.54) is 0 Å². The topological polar surface area (TPSA) is 52.1 Å². The van der Waals surface area contributed by atoms with Crippen molar-refractivity contribution in [1.29, 1.82) is 0 Å². The maximum Gasteiger partial charge on any atom is 0.306 e. The van der Waals surface area contributed by atoms with Crippen LogP contribution in [0.3, 0.4) is 0 Å². The molecule has 0 bridgehead atoms. The zero-order valence-corrected chi connectivity index (χ0v) is 14.4. The van der Waals surface area contributed by atoms with Gasteiger partial charge in [0.25, 0.3) is 0 Å². The average Bonchev–Trinajstić information content (AvgIpc) is 3.21. The molecule has 0 N–H and O–H groups in total. The van der Waals surface area contributed by atoms with Gasteiger partial charge in [-0.25, -0.2) is 9.97 Å². The van der Waals surface area contributed by atoms with Gasteiger partial charge in [-0.1, -0.05) is 24.3 Å². The SMILES string of the molecule is O=C(CCc1nc2ccccc2s1)OCc1nc2ccccc2s1. The summed E-state index contributed by atoms with van der Waals surface area (Å²) in [6.45, 7) is 0.234. The highest BCUT2D eigenvalue weighted by Crippen LogP contribution is 2.23. The molecule has 0 atom stereocenters. The van der Waals surface area contributed by atoms with Crippen LogP contribution in [-0.4, -0.2) is 15.9 Å². The summed E-state index contributed by atoms with van der Waals surface area (Å²) in [5.41, 5.74) is 1.93. The largest absolute Gasteiger partial charge is 0.458 e. The van der Waals surface area contributed by atoms with E-state index in [2.05, 4.69) is 9.97 Å². The van der Waals surface area contributed by atoms with Gasteiger partial charge < -0.3 is 4.74 Å². The summed E-state index contributed by atoms with van der Waals surface area (Å²) in [4.78, 5) is 20.9. The first-order chi connectivity index (χ1) is 11.8. The van der Waals surface area contributed by atoms with Crippen LogP contribution in [0.4, 0.5) is 0 Å². The van der Waals surface area contributed by atoms with Gasteiger partial charge in [-0.15, -0.1) is 22.7 Å². The van der Waals surface area contributed by atoms with Crippen LogP contribution >= 0.6 is 22.7 Å². The monoisotopic (exact) mass is 354 g/mol. The molecule has 0 saturated carbocycles. The quantitative estimate of drug-likeness (QED) is 0.492. The molecule has 4 nitrogen and oxygen atoms in total. The lowest BCUT2D eigenvalue weighted by molar-refractivity contribution is -0.144. The van der Waals surface area contributed by atoms with E-state index in [9.17, 15) is 4.79 Å². The number of hydrogen-bond acceptors (Lipinski definition) is 6. The van der Waals surface area contributed by atoms with Gasteiger partial charge in [0, 0.05) is 6.42 Å². The summed E-state index contributed by atoms with van der Waals surface area (Å²) in [6, 6.07) is 15.9. The third-order valence-electron chi connectivity index (χ3n) is 3.58. The maximum absolute atomic E-state index is 12.0. The van der Waals surface area contributed by atoms with Gasteiger partial charge in [-0.2, -0.15) is 0 Å². The van der Waals surface area contributed by atoms with E-state index in [1.807, 2.05) is 48.5 Å². The highest BCUT2D eigenvalue weighted by atomic mass is 32.1. The van der Waals surface area contributed by atoms with Crippen LogP contribution < -0.4 is 0 Å². The third-order valence-corrected chi connectivity index (χ3v) is 5.68. The Balaban J connectivity index is 1.33. The molecule has 0 saturated heterocycles. The Hall–Kier alpha value is -2.31. The fraction of sp³-hybridized carbons (Fsp3) is 0.167. The van der Waals surface area contributed by atoms with Crippen LogP contribution in [0.15, 0.2) is 48.5 Å². The number of fused-ring (bicyclic) bond motifs is 2. The Kier molecular flexibility index (Phi) is 4.23. The van der Waals surface area contributed by atoms with Crippen molar-refractivity contribution in [2.75, 3.05) is 0 Å². The van der Waals surface area contributed by atoms with Crippen LogP contribution in [0.1, 0.15) is 16.4 Å². The standard InChI is InChI=1S/C18H14N2O2S2/c21-18(10-9-16-19-12-5-1-3-7-14(12)23-16)22-11-17-20-13-6-2-4-8-15(13)24-17/h1-8H,9-11H2. The number of ether oxygens (including phenoxy) is 1. The Labute approximate surface area is 146 Å². The molecule has 0 radical (unpaired) electrons. The molecular weight excluding hydrogens is 340 g/mol. The molecule has 0 fully saturated rings. The molecule has 0 aliphatic rings. The number of aryl methyl sites for hydroxylation is 1. The lowest BCUT2D eigenvalue weighted by Gasteiger charge is -2.01. The summed E-state index contributed by atoms with van der Waals surface area (Å²) >= 11 is 3.19. The van der Waals surface area contributed by atoms with E-state index in [0.717, 1.165) is 30.4 Å². The number of carbonyl (C=O) groups is 1. The van der Waals surface area contributed by atoms with Crippen molar-refractivity contribution >= 4 is 49.1 Å². The van der Waals surface area contributed by atoms with Gasteiger partial charge in [0.2, 0.25) is 0 Å². The van der Waals surface area contributed by atoms with Crippen molar-refractivity contribution in [3.05, 3.63) is 58.5 Å². The van der Waals surface area contributed by atoms with Crippen molar-refractivity contribution < 1.29 is 9.53 Å². The molecule has 0 unspecified atom stereocenters.